The van der Waals surface area contributed by atoms with E-state index in [1.807, 2.05) is 62.4 Å². The lowest BCUT2D eigenvalue weighted by Crippen LogP contribution is -2.07. The van der Waals surface area contributed by atoms with E-state index in [0.717, 1.165) is 23.3 Å². The number of halogens is 3. The standard InChI is InChI=1S/C23H20F3N3/c1-4-9-16(5-2)20-27-21(17-10-7-6-8-11-17)29-22(28-20)18-12-15(3)13-19(14-18)23(24,25)26/h4-14H,1-3H3/b9-4-,16-5+. The molecule has 0 radical (unpaired) electrons. The fraction of sp³-hybridized carbons (Fsp3) is 0.174. The highest BCUT2D eigenvalue weighted by Gasteiger charge is 2.31. The van der Waals surface area contributed by atoms with Crippen molar-refractivity contribution < 1.29 is 13.2 Å². The molecule has 148 valence electrons. The van der Waals surface area contributed by atoms with Crippen LogP contribution in [0.5, 0.6) is 0 Å². The predicted molar refractivity (Wildman–Crippen MR) is 109 cm³/mol. The highest BCUT2D eigenvalue weighted by atomic mass is 19.4. The number of aryl methyl sites for hydroxylation is 1. The molecule has 2 aromatic carbocycles. The van der Waals surface area contributed by atoms with Crippen molar-refractivity contribution in [3.05, 3.63) is 83.7 Å². The molecule has 0 fully saturated rings. The Morgan fingerprint density at radius 1 is 0.862 bits per heavy atom. The van der Waals surface area contributed by atoms with Crippen molar-refractivity contribution in [3.63, 3.8) is 0 Å². The van der Waals surface area contributed by atoms with Gasteiger partial charge in [-0.05, 0) is 44.5 Å². The van der Waals surface area contributed by atoms with Crippen LogP contribution in [-0.2, 0) is 6.18 Å². The van der Waals surface area contributed by atoms with E-state index >= 15 is 0 Å². The molecule has 0 bridgehead atoms. The largest absolute Gasteiger partial charge is 0.416 e. The SMILES string of the molecule is C/C=C\C(=C/C)c1nc(-c2ccccc2)nc(-c2cc(C)cc(C(F)(F)F)c2)n1. The van der Waals surface area contributed by atoms with Crippen LogP contribution in [-0.4, -0.2) is 15.0 Å². The Morgan fingerprint density at radius 3 is 2.10 bits per heavy atom. The van der Waals surface area contributed by atoms with Crippen molar-refractivity contribution in [1.29, 1.82) is 0 Å². The summed E-state index contributed by atoms with van der Waals surface area (Å²) in [6, 6.07) is 13.1. The minimum atomic E-state index is -4.45. The third-order valence-electron chi connectivity index (χ3n) is 4.25. The van der Waals surface area contributed by atoms with Gasteiger partial charge in [-0.15, -0.1) is 0 Å². The molecule has 3 rings (SSSR count). The summed E-state index contributed by atoms with van der Waals surface area (Å²) in [6.07, 6.45) is 1.12. The monoisotopic (exact) mass is 395 g/mol. The predicted octanol–water partition coefficient (Wildman–Crippen LogP) is 6.51. The van der Waals surface area contributed by atoms with Crippen molar-refractivity contribution in [2.24, 2.45) is 0 Å². The third-order valence-corrected chi connectivity index (χ3v) is 4.25. The Balaban J connectivity index is 2.25. The first-order chi connectivity index (χ1) is 13.8. The number of nitrogens with zero attached hydrogens (tertiary/aromatic N) is 3. The molecule has 29 heavy (non-hydrogen) atoms. The van der Waals surface area contributed by atoms with Crippen molar-refractivity contribution >= 4 is 5.57 Å². The molecule has 1 heterocycles. The van der Waals surface area contributed by atoms with Gasteiger partial charge in [-0.25, -0.2) is 15.0 Å². The second-order valence-corrected chi connectivity index (χ2v) is 6.50. The van der Waals surface area contributed by atoms with Crippen LogP contribution in [0.4, 0.5) is 13.2 Å². The van der Waals surface area contributed by atoms with Gasteiger partial charge in [0, 0.05) is 16.7 Å². The summed E-state index contributed by atoms with van der Waals surface area (Å²) in [5, 5.41) is 0. The summed E-state index contributed by atoms with van der Waals surface area (Å²) in [5.74, 6) is 1.01. The van der Waals surface area contributed by atoms with Gasteiger partial charge in [-0.1, -0.05) is 48.6 Å². The molecule has 0 N–H and O–H groups in total. The van der Waals surface area contributed by atoms with Gasteiger partial charge in [-0.2, -0.15) is 13.2 Å². The zero-order chi connectivity index (χ0) is 21.0. The summed E-state index contributed by atoms with van der Waals surface area (Å²) < 4.78 is 39.9. The molecule has 0 saturated carbocycles. The zero-order valence-corrected chi connectivity index (χ0v) is 16.3. The van der Waals surface area contributed by atoms with Crippen molar-refractivity contribution in [2.75, 3.05) is 0 Å². The van der Waals surface area contributed by atoms with E-state index in [0.29, 0.717) is 22.8 Å². The lowest BCUT2D eigenvalue weighted by atomic mass is 10.1. The first kappa shape index (κ1) is 20.5. The Hall–Kier alpha value is -3.28. The molecule has 1 aromatic heterocycles. The summed E-state index contributed by atoms with van der Waals surface area (Å²) >= 11 is 0. The van der Waals surface area contributed by atoms with Crippen LogP contribution in [0.2, 0.25) is 0 Å². The molecule has 0 unspecified atom stereocenters. The Morgan fingerprint density at radius 2 is 1.52 bits per heavy atom. The average Bonchev–Trinajstić information content (AvgIpc) is 2.71. The molecular formula is C23H20F3N3. The molecule has 3 aromatic rings. The van der Waals surface area contributed by atoms with E-state index < -0.39 is 11.7 Å². The molecule has 3 nitrogen and oxygen atoms in total. The zero-order valence-electron chi connectivity index (χ0n) is 16.3. The quantitative estimate of drug-likeness (QED) is 0.473. The van der Waals surface area contributed by atoms with Gasteiger partial charge >= 0.3 is 6.18 Å². The lowest BCUT2D eigenvalue weighted by molar-refractivity contribution is -0.137. The summed E-state index contributed by atoms with van der Waals surface area (Å²) in [7, 11) is 0. The maximum Gasteiger partial charge on any atom is 0.416 e. The number of aromatic nitrogens is 3. The van der Waals surface area contributed by atoms with Gasteiger partial charge in [0.1, 0.15) is 0 Å². The maximum absolute atomic E-state index is 13.3. The Labute approximate surface area is 167 Å². The molecule has 0 aliphatic carbocycles. The van der Waals surface area contributed by atoms with Crippen LogP contribution in [0.15, 0.2) is 66.8 Å². The van der Waals surface area contributed by atoms with Crippen molar-refractivity contribution in [1.82, 2.24) is 15.0 Å². The summed E-state index contributed by atoms with van der Waals surface area (Å²) in [5.41, 5.74) is 1.58. The van der Waals surface area contributed by atoms with Crippen molar-refractivity contribution in [3.8, 4) is 22.8 Å². The minimum absolute atomic E-state index is 0.201. The Bertz CT molecular complexity index is 1070. The first-order valence-electron chi connectivity index (χ1n) is 9.12. The molecule has 0 saturated heterocycles. The first-order valence-corrected chi connectivity index (χ1v) is 9.12. The van der Waals surface area contributed by atoms with Gasteiger partial charge in [0.25, 0.3) is 0 Å². The smallest absolute Gasteiger partial charge is 0.208 e. The lowest BCUT2D eigenvalue weighted by Gasteiger charge is -2.12. The van der Waals surface area contributed by atoms with E-state index in [-0.39, 0.29) is 5.82 Å². The second kappa shape index (κ2) is 8.39. The number of benzene rings is 2. The third kappa shape index (κ3) is 4.77. The van der Waals surface area contributed by atoms with Gasteiger partial charge in [0.2, 0.25) is 0 Å². The average molecular weight is 395 g/mol. The fourth-order valence-electron chi connectivity index (χ4n) is 2.91. The molecular weight excluding hydrogens is 375 g/mol. The summed E-state index contributed by atoms with van der Waals surface area (Å²) in [6.45, 7) is 5.35. The number of hydrogen-bond acceptors (Lipinski definition) is 3. The molecule has 0 spiro atoms. The topological polar surface area (TPSA) is 38.7 Å². The van der Waals surface area contributed by atoms with E-state index in [4.69, 9.17) is 0 Å². The highest BCUT2D eigenvalue weighted by molar-refractivity contribution is 5.72. The second-order valence-electron chi connectivity index (χ2n) is 6.50. The van der Waals surface area contributed by atoms with Crippen LogP contribution >= 0.6 is 0 Å². The maximum atomic E-state index is 13.3. The van der Waals surface area contributed by atoms with Crippen LogP contribution < -0.4 is 0 Å². The fourth-order valence-corrected chi connectivity index (χ4v) is 2.91. The molecule has 0 aliphatic rings. The number of hydrogen-bond donors (Lipinski definition) is 0. The molecule has 0 atom stereocenters. The van der Waals surface area contributed by atoms with E-state index in [2.05, 4.69) is 15.0 Å². The number of allylic oxidation sites excluding steroid dienone is 4. The van der Waals surface area contributed by atoms with Crippen LogP contribution in [0, 0.1) is 6.92 Å². The molecule has 0 aliphatic heterocycles. The van der Waals surface area contributed by atoms with E-state index in [9.17, 15) is 13.2 Å². The highest BCUT2D eigenvalue weighted by Crippen LogP contribution is 2.33. The normalized spacial score (nSPS) is 12.6. The van der Waals surface area contributed by atoms with E-state index in [1.165, 1.54) is 0 Å². The number of alkyl halides is 3. The van der Waals surface area contributed by atoms with Gasteiger partial charge in [0.05, 0.1) is 5.56 Å². The summed E-state index contributed by atoms with van der Waals surface area (Å²) in [4.78, 5) is 13.5. The minimum Gasteiger partial charge on any atom is -0.208 e. The molecule has 0 amide bonds. The van der Waals surface area contributed by atoms with Gasteiger partial charge < -0.3 is 0 Å². The van der Waals surface area contributed by atoms with Gasteiger partial charge in [0.15, 0.2) is 17.5 Å². The van der Waals surface area contributed by atoms with Crippen LogP contribution in [0.3, 0.4) is 0 Å². The molecule has 6 heteroatoms. The van der Waals surface area contributed by atoms with Crippen molar-refractivity contribution in [2.45, 2.75) is 26.9 Å². The van der Waals surface area contributed by atoms with Crippen LogP contribution in [0.1, 0.15) is 30.8 Å². The van der Waals surface area contributed by atoms with E-state index in [1.54, 1.807) is 13.0 Å². The number of rotatable bonds is 4. The van der Waals surface area contributed by atoms with Crippen LogP contribution in [0.25, 0.3) is 28.3 Å². The van der Waals surface area contributed by atoms with Gasteiger partial charge in [-0.3, -0.25) is 0 Å². The Kier molecular flexibility index (Phi) is 5.92.